The molecule has 1 aromatic rings. The van der Waals surface area contributed by atoms with Gasteiger partial charge in [-0.25, -0.2) is 13.1 Å². The Hall–Kier alpha value is -1.87. The second-order valence-corrected chi connectivity index (χ2v) is 7.53. The number of aliphatic carboxylic acids is 1. The molecule has 3 N–H and O–H groups in total. The SMILES string of the molecule is CNC(=O)c1cc(S(=O)(=O)NCC(CC(C)C)C(=O)O)cn1C. The Morgan fingerprint density at radius 1 is 1.35 bits per heavy atom. The van der Waals surface area contributed by atoms with E-state index in [1.54, 1.807) is 7.05 Å². The van der Waals surface area contributed by atoms with Gasteiger partial charge in [0.05, 0.1) is 5.92 Å². The zero-order chi connectivity index (χ0) is 17.8. The van der Waals surface area contributed by atoms with Crippen LogP contribution in [0.25, 0.3) is 0 Å². The standard InChI is InChI=1S/C14H23N3O5S/c1-9(2)5-10(14(19)20)7-16-23(21,22)11-6-12(13(18)15-3)17(4)8-11/h6,8-10,16H,5,7H2,1-4H3,(H,15,18)(H,19,20). The molecular formula is C14H23N3O5S. The minimum atomic E-state index is -3.88. The van der Waals surface area contributed by atoms with E-state index in [0.29, 0.717) is 6.42 Å². The van der Waals surface area contributed by atoms with Gasteiger partial charge in [-0.3, -0.25) is 9.59 Å². The third-order valence-corrected chi connectivity index (χ3v) is 4.77. The summed E-state index contributed by atoms with van der Waals surface area (Å²) < 4.78 is 28.2. The molecule has 0 aromatic carbocycles. The maximum Gasteiger partial charge on any atom is 0.307 e. The lowest BCUT2D eigenvalue weighted by molar-refractivity contribution is -0.142. The molecule has 0 bridgehead atoms. The van der Waals surface area contributed by atoms with Crippen molar-refractivity contribution in [1.82, 2.24) is 14.6 Å². The summed E-state index contributed by atoms with van der Waals surface area (Å²) in [7, 11) is -0.875. The first-order valence-corrected chi connectivity index (χ1v) is 8.67. The molecule has 1 atom stereocenters. The fourth-order valence-electron chi connectivity index (χ4n) is 2.17. The van der Waals surface area contributed by atoms with Crippen LogP contribution in [-0.4, -0.2) is 43.6 Å². The number of hydrogen-bond acceptors (Lipinski definition) is 4. The molecule has 0 spiro atoms. The minimum Gasteiger partial charge on any atom is -0.481 e. The van der Waals surface area contributed by atoms with Gasteiger partial charge in [0.2, 0.25) is 10.0 Å². The molecule has 1 unspecified atom stereocenters. The van der Waals surface area contributed by atoms with Gasteiger partial charge in [0, 0.05) is 26.8 Å². The number of nitrogens with one attached hydrogen (secondary N) is 2. The van der Waals surface area contributed by atoms with Crippen LogP contribution in [0.3, 0.4) is 0 Å². The number of aryl methyl sites for hydroxylation is 1. The number of rotatable bonds is 8. The van der Waals surface area contributed by atoms with Crippen molar-refractivity contribution in [3.05, 3.63) is 18.0 Å². The van der Waals surface area contributed by atoms with Crippen LogP contribution in [0.15, 0.2) is 17.2 Å². The number of carbonyl (C=O) groups is 2. The molecule has 9 heteroatoms. The quantitative estimate of drug-likeness (QED) is 0.631. The van der Waals surface area contributed by atoms with Crippen LogP contribution in [0, 0.1) is 11.8 Å². The molecule has 0 aliphatic heterocycles. The van der Waals surface area contributed by atoms with Crippen LogP contribution in [0.5, 0.6) is 0 Å². The lowest BCUT2D eigenvalue weighted by atomic mass is 9.98. The highest BCUT2D eigenvalue weighted by Crippen LogP contribution is 2.16. The summed E-state index contributed by atoms with van der Waals surface area (Å²) in [6.07, 6.45) is 1.68. The summed E-state index contributed by atoms with van der Waals surface area (Å²) in [4.78, 5) is 22.7. The van der Waals surface area contributed by atoms with E-state index >= 15 is 0 Å². The van der Waals surface area contributed by atoms with Gasteiger partial charge in [0.1, 0.15) is 10.6 Å². The predicted octanol–water partition coefficient (Wildman–Crippen LogP) is 0.410. The van der Waals surface area contributed by atoms with Crippen molar-refractivity contribution < 1.29 is 23.1 Å². The van der Waals surface area contributed by atoms with E-state index in [-0.39, 0.29) is 23.1 Å². The molecule has 0 saturated heterocycles. The third kappa shape index (κ3) is 5.07. The van der Waals surface area contributed by atoms with Crippen molar-refractivity contribution in [2.24, 2.45) is 18.9 Å². The second kappa shape index (κ2) is 7.60. The van der Waals surface area contributed by atoms with Crippen LogP contribution in [-0.2, 0) is 21.9 Å². The zero-order valence-electron chi connectivity index (χ0n) is 13.7. The topological polar surface area (TPSA) is 118 Å². The van der Waals surface area contributed by atoms with Gasteiger partial charge >= 0.3 is 5.97 Å². The number of nitrogens with zero attached hydrogens (tertiary/aromatic N) is 1. The Balaban J connectivity index is 2.91. The Morgan fingerprint density at radius 2 is 1.96 bits per heavy atom. The molecule has 1 amide bonds. The summed E-state index contributed by atoms with van der Waals surface area (Å²) >= 11 is 0. The molecule has 0 aliphatic rings. The number of carboxylic acid groups (broad SMARTS) is 1. The molecule has 23 heavy (non-hydrogen) atoms. The molecule has 0 aliphatic carbocycles. The van der Waals surface area contributed by atoms with Crippen LogP contribution in [0.4, 0.5) is 0 Å². The fraction of sp³-hybridized carbons (Fsp3) is 0.571. The van der Waals surface area contributed by atoms with Crippen molar-refractivity contribution >= 4 is 21.9 Å². The van der Waals surface area contributed by atoms with Crippen LogP contribution in [0.2, 0.25) is 0 Å². The Labute approximate surface area is 135 Å². The third-order valence-electron chi connectivity index (χ3n) is 3.37. The summed E-state index contributed by atoms with van der Waals surface area (Å²) in [5.74, 6) is -2.11. The van der Waals surface area contributed by atoms with Gasteiger partial charge in [-0.2, -0.15) is 0 Å². The average Bonchev–Trinajstić information content (AvgIpc) is 2.84. The van der Waals surface area contributed by atoms with E-state index in [1.807, 2.05) is 13.8 Å². The smallest absolute Gasteiger partial charge is 0.307 e. The van der Waals surface area contributed by atoms with Crippen molar-refractivity contribution in [1.29, 1.82) is 0 Å². The second-order valence-electron chi connectivity index (χ2n) is 5.77. The largest absolute Gasteiger partial charge is 0.481 e. The Kier molecular flexibility index (Phi) is 6.34. The van der Waals surface area contributed by atoms with Crippen molar-refractivity contribution in [3.8, 4) is 0 Å². The first kappa shape index (κ1) is 19.2. The lowest BCUT2D eigenvalue weighted by Gasteiger charge is -2.15. The summed E-state index contributed by atoms with van der Waals surface area (Å²) in [6, 6.07) is 1.25. The first-order chi connectivity index (χ1) is 10.6. The lowest BCUT2D eigenvalue weighted by Crippen LogP contribution is -2.33. The molecule has 0 saturated carbocycles. The molecule has 8 nitrogen and oxygen atoms in total. The van der Waals surface area contributed by atoms with E-state index in [0.717, 1.165) is 0 Å². The number of aromatic nitrogens is 1. The summed E-state index contributed by atoms with van der Waals surface area (Å²) in [5, 5.41) is 11.6. The van der Waals surface area contributed by atoms with E-state index < -0.39 is 27.8 Å². The first-order valence-electron chi connectivity index (χ1n) is 7.19. The monoisotopic (exact) mass is 345 g/mol. The minimum absolute atomic E-state index is 0.0766. The van der Waals surface area contributed by atoms with E-state index in [2.05, 4.69) is 10.0 Å². The van der Waals surface area contributed by atoms with E-state index in [1.165, 1.54) is 23.9 Å². The highest BCUT2D eigenvalue weighted by molar-refractivity contribution is 7.89. The van der Waals surface area contributed by atoms with E-state index in [9.17, 15) is 18.0 Å². The number of carbonyl (C=O) groups excluding carboxylic acids is 1. The summed E-state index contributed by atoms with van der Waals surface area (Å²) in [6.45, 7) is 3.55. The normalized spacial score (nSPS) is 13.1. The highest BCUT2D eigenvalue weighted by Gasteiger charge is 2.24. The molecule has 0 radical (unpaired) electrons. The highest BCUT2D eigenvalue weighted by atomic mass is 32.2. The Morgan fingerprint density at radius 3 is 2.43 bits per heavy atom. The van der Waals surface area contributed by atoms with Gasteiger partial charge in [0.15, 0.2) is 0 Å². The Bertz CT molecular complexity index is 679. The van der Waals surface area contributed by atoms with Crippen molar-refractivity contribution in [3.63, 3.8) is 0 Å². The molecule has 130 valence electrons. The predicted molar refractivity (Wildman–Crippen MR) is 84.6 cm³/mol. The summed E-state index contributed by atoms with van der Waals surface area (Å²) in [5.41, 5.74) is 0.199. The number of sulfonamides is 1. The number of carboxylic acids is 1. The molecule has 1 rings (SSSR count). The van der Waals surface area contributed by atoms with Crippen molar-refractivity contribution in [2.75, 3.05) is 13.6 Å². The number of hydrogen-bond donors (Lipinski definition) is 3. The van der Waals surface area contributed by atoms with Crippen molar-refractivity contribution in [2.45, 2.75) is 25.2 Å². The van der Waals surface area contributed by atoms with Gasteiger partial charge in [0.25, 0.3) is 5.91 Å². The fourth-order valence-corrected chi connectivity index (χ4v) is 3.32. The average molecular weight is 345 g/mol. The molecule has 0 fully saturated rings. The molecular weight excluding hydrogens is 322 g/mol. The maximum absolute atomic E-state index is 12.3. The van der Waals surface area contributed by atoms with Gasteiger partial charge < -0.3 is 15.0 Å². The maximum atomic E-state index is 12.3. The van der Waals surface area contributed by atoms with E-state index in [4.69, 9.17) is 5.11 Å². The van der Waals surface area contributed by atoms with Gasteiger partial charge in [-0.15, -0.1) is 0 Å². The molecule has 1 aromatic heterocycles. The zero-order valence-corrected chi connectivity index (χ0v) is 14.5. The van der Waals surface area contributed by atoms with Gasteiger partial charge in [-0.1, -0.05) is 13.8 Å². The van der Waals surface area contributed by atoms with Crippen LogP contribution in [0.1, 0.15) is 30.8 Å². The van der Waals surface area contributed by atoms with Gasteiger partial charge in [-0.05, 0) is 18.4 Å². The molecule has 1 heterocycles. The van der Waals surface area contributed by atoms with Crippen LogP contribution >= 0.6 is 0 Å². The number of amides is 1. The van der Waals surface area contributed by atoms with Crippen LogP contribution < -0.4 is 10.0 Å².